The van der Waals surface area contributed by atoms with Crippen LogP contribution in [0.4, 0.5) is 0 Å². The first kappa shape index (κ1) is 42.4. The van der Waals surface area contributed by atoms with Gasteiger partial charge < -0.3 is 14.6 Å². The Morgan fingerprint density at radius 1 is 0.500 bits per heavy atom. The zero-order valence-electron chi connectivity index (χ0n) is 29.2. The summed E-state index contributed by atoms with van der Waals surface area (Å²) in [5.74, 6) is -0.602. The highest BCUT2D eigenvalue weighted by Crippen LogP contribution is 2.13. The monoisotopic (exact) mass is 621 g/mol. The Kier molecular flexibility index (Phi) is 34.5. The molecule has 5 nitrogen and oxygen atoms in total. The fraction of sp³-hybridized carbons (Fsp3) is 0.846. The highest BCUT2D eigenvalue weighted by Gasteiger charge is 2.16. The summed E-state index contributed by atoms with van der Waals surface area (Å²) in [6.07, 6.45) is 40.9. The SMILES string of the molecule is CCCCCCC=CCCCCCCCCCC(=O)OCC(CO)OC(=O)CCCCCCCC=CCCCCCCCC. The van der Waals surface area contributed by atoms with Crippen molar-refractivity contribution >= 4 is 11.9 Å². The lowest BCUT2D eigenvalue weighted by atomic mass is 10.1. The van der Waals surface area contributed by atoms with Crippen molar-refractivity contribution in [2.24, 2.45) is 0 Å². The second-order valence-corrected chi connectivity index (χ2v) is 12.6. The van der Waals surface area contributed by atoms with E-state index in [-0.39, 0.29) is 25.2 Å². The van der Waals surface area contributed by atoms with Crippen molar-refractivity contribution in [1.82, 2.24) is 0 Å². The molecule has 0 saturated heterocycles. The summed E-state index contributed by atoms with van der Waals surface area (Å²) < 4.78 is 10.6. The Morgan fingerprint density at radius 2 is 0.841 bits per heavy atom. The number of carbonyl (C=O) groups excluding carboxylic acids is 2. The Morgan fingerprint density at radius 3 is 1.25 bits per heavy atom. The third-order valence-electron chi connectivity index (χ3n) is 8.22. The van der Waals surface area contributed by atoms with Gasteiger partial charge in [-0.2, -0.15) is 0 Å². The standard InChI is InChI=1S/C39H72O5/c1-3-5-7-9-11-13-15-17-19-21-23-25-27-29-31-33-38(41)43-36-37(35-40)44-39(42)34-32-30-28-26-24-22-20-18-16-14-12-10-8-6-4-2/h13,15,18,20,37,40H,3-12,14,16-17,19,21-36H2,1-2H3. The number of carbonyl (C=O) groups is 2. The van der Waals surface area contributed by atoms with Gasteiger partial charge in [-0.3, -0.25) is 9.59 Å². The maximum absolute atomic E-state index is 12.1. The van der Waals surface area contributed by atoms with Crippen LogP contribution in [0.15, 0.2) is 24.3 Å². The number of aliphatic hydroxyl groups excluding tert-OH is 1. The van der Waals surface area contributed by atoms with Crippen molar-refractivity contribution < 1.29 is 24.2 Å². The molecule has 0 aliphatic heterocycles. The molecule has 0 bridgehead atoms. The molecule has 0 amide bonds. The average molecular weight is 621 g/mol. The molecule has 0 aromatic heterocycles. The molecular formula is C39H72O5. The van der Waals surface area contributed by atoms with E-state index in [2.05, 4.69) is 38.2 Å². The maximum Gasteiger partial charge on any atom is 0.306 e. The van der Waals surface area contributed by atoms with E-state index in [1.807, 2.05) is 0 Å². The smallest absolute Gasteiger partial charge is 0.306 e. The molecule has 1 atom stereocenters. The number of aliphatic hydroxyl groups is 1. The van der Waals surface area contributed by atoms with Gasteiger partial charge in [-0.25, -0.2) is 0 Å². The summed E-state index contributed by atoms with van der Waals surface area (Å²) in [7, 11) is 0. The third kappa shape index (κ3) is 33.3. The van der Waals surface area contributed by atoms with E-state index in [1.165, 1.54) is 122 Å². The lowest BCUT2D eigenvalue weighted by Crippen LogP contribution is -2.28. The van der Waals surface area contributed by atoms with Gasteiger partial charge in [0.2, 0.25) is 0 Å². The zero-order chi connectivity index (χ0) is 32.2. The normalized spacial score (nSPS) is 12.3. The molecule has 1 unspecified atom stereocenters. The van der Waals surface area contributed by atoms with Gasteiger partial charge in [0.15, 0.2) is 6.10 Å². The second-order valence-electron chi connectivity index (χ2n) is 12.6. The lowest BCUT2D eigenvalue weighted by Gasteiger charge is -2.15. The van der Waals surface area contributed by atoms with E-state index in [0.29, 0.717) is 12.8 Å². The van der Waals surface area contributed by atoms with Gasteiger partial charge in [-0.05, 0) is 64.2 Å². The fourth-order valence-corrected chi connectivity index (χ4v) is 5.31. The summed E-state index contributed by atoms with van der Waals surface area (Å²) in [5.41, 5.74) is 0. The average Bonchev–Trinajstić information content (AvgIpc) is 3.02. The van der Waals surface area contributed by atoms with Gasteiger partial charge in [0.25, 0.3) is 0 Å². The van der Waals surface area contributed by atoms with Gasteiger partial charge in [0.1, 0.15) is 6.61 Å². The molecule has 0 spiro atoms. The van der Waals surface area contributed by atoms with Crippen LogP contribution in [0, 0.1) is 0 Å². The number of hydrogen-bond donors (Lipinski definition) is 1. The summed E-state index contributed by atoms with van der Waals surface area (Å²) in [6.45, 7) is 4.11. The number of unbranched alkanes of at least 4 members (excludes halogenated alkanes) is 22. The highest BCUT2D eigenvalue weighted by atomic mass is 16.6. The van der Waals surface area contributed by atoms with Crippen LogP contribution in [0.3, 0.4) is 0 Å². The minimum absolute atomic E-state index is 0.0688. The van der Waals surface area contributed by atoms with E-state index in [4.69, 9.17) is 9.47 Å². The van der Waals surface area contributed by atoms with E-state index >= 15 is 0 Å². The first-order chi connectivity index (χ1) is 21.6. The first-order valence-electron chi connectivity index (χ1n) is 18.9. The molecule has 0 rings (SSSR count). The molecule has 1 N–H and O–H groups in total. The van der Waals surface area contributed by atoms with E-state index in [0.717, 1.165) is 44.9 Å². The molecule has 5 heteroatoms. The molecule has 44 heavy (non-hydrogen) atoms. The van der Waals surface area contributed by atoms with Gasteiger partial charge in [-0.15, -0.1) is 0 Å². The zero-order valence-corrected chi connectivity index (χ0v) is 29.2. The van der Waals surface area contributed by atoms with Crippen molar-refractivity contribution in [2.75, 3.05) is 13.2 Å². The number of hydrogen-bond acceptors (Lipinski definition) is 5. The van der Waals surface area contributed by atoms with Crippen molar-refractivity contribution in [3.8, 4) is 0 Å². The topological polar surface area (TPSA) is 72.8 Å². The van der Waals surface area contributed by atoms with Crippen molar-refractivity contribution in [1.29, 1.82) is 0 Å². The summed E-state index contributed by atoms with van der Waals surface area (Å²) in [5, 5.41) is 9.53. The van der Waals surface area contributed by atoms with Gasteiger partial charge in [0, 0.05) is 12.8 Å². The molecule has 0 aromatic carbocycles. The van der Waals surface area contributed by atoms with Crippen molar-refractivity contribution in [3.05, 3.63) is 24.3 Å². The molecule has 0 heterocycles. The maximum atomic E-state index is 12.1. The van der Waals surface area contributed by atoms with E-state index in [1.54, 1.807) is 0 Å². The molecule has 0 aromatic rings. The van der Waals surface area contributed by atoms with Crippen molar-refractivity contribution in [3.63, 3.8) is 0 Å². The Balaban J connectivity index is 3.57. The summed E-state index contributed by atoms with van der Waals surface area (Å²) >= 11 is 0. The summed E-state index contributed by atoms with van der Waals surface area (Å²) in [4.78, 5) is 24.2. The molecule has 258 valence electrons. The largest absolute Gasteiger partial charge is 0.462 e. The molecule has 0 fully saturated rings. The van der Waals surface area contributed by atoms with E-state index in [9.17, 15) is 14.7 Å². The Bertz CT molecular complexity index is 671. The van der Waals surface area contributed by atoms with Crippen LogP contribution >= 0.6 is 0 Å². The molecule has 0 aliphatic rings. The molecule has 0 aliphatic carbocycles. The van der Waals surface area contributed by atoms with Gasteiger partial charge >= 0.3 is 11.9 Å². The second kappa shape index (κ2) is 35.9. The van der Waals surface area contributed by atoms with Gasteiger partial charge in [0.05, 0.1) is 6.61 Å². The molecular weight excluding hydrogens is 548 g/mol. The van der Waals surface area contributed by atoms with Crippen LogP contribution in [0.25, 0.3) is 0 Å². The number of esters is 2. The van der Waals surface area contributed by atoms with Crippen LogP contribution in [0.5, 0.6) is 0 Å². The third-order valence-corrected chi connectivity index (χ3v) is 8.22. The van der Waals surface area contributed by atoms with Crippen LogP contribution in [-0.2, 0) is 19.1 Å². The van der Waals surface area contributed by atoms with Crippen LogP contribution in [-0.4, -0.2) is 36.4 Å². The minimum atomic E-state index is -0.773. The summed E-state index contributed by atoms with van der Waals surface area (Å²) in [6, 6.07) is 0. The predicted molar refractivity (Wildman–Crippen MR) is 187 cm³/mol. The quantitative estimate of drug-likeness (QED) is 0.0440. The Hall–Kier alpha value is -1.62. The first-order valence-corrected chi connectivity index (χ1v) is 18.9. The van der Waals surface area contributed by atoms with Crippen LogP contribution in [0.2, 0.25) is 0 Å². The number of ether oxygens (including phenoxy) is 2. The van der Waals surface area contributed by atoms with Gasteiger partial charge in [-0.1, -0.05) is 141 Å². The van der Waals surface area contributed by atoms with Crippen LogP contribution in [0.1, 0.15) is 194 Å². The minimum Gasteiger partial charge on any atom is -0.462 e. The highest BCUT2D eigenvalue weighted by molar-refractivity contribution is 5.70. The number of allylic oxidation sites excluding steroid dienone is 4. The fourth-order valence-electron chi connectivity index (χ4n) is 5.31. The molecule has 0 radical (unpaired) electrons. The predicted octanol–water partition coefficient (Wildman–Crippen LogP) is 11.5. The van der Waals surface area contributed by atoms with Crippen LogP contribution < -0.4 is 0 Å². The molecule has 0 saturated carbocycles. The Labute approximate surface area is 273 Å². The van der Waals surface area contributed by atoms with Crippen molar-refractivity contribution in [2.45, 2.75) is 200 Å². The van der Waals surface area contributed by atoms with E-state index < -0.39 is 6.10 Å². The lowest BCUT2D eigenvalue weighted by molar-refractivity contribution is -0.161. The number of rotatable bonds is 34.